The average Bonchev–Trinajstić information content (AvgIpc) is 3.11. The summed E-state index contributed by atoms with van der Waals surface area (Å²) in [6.07, 6.45) is 6.03. The molecule has 10 heteroatoms. The van der Waals surface area contributed by atoms with Gasteiger partial charge in [0.25, 0.3) is 5.91 Å². The van der Waals surface area contributed by atoms with Gasteiger partial charge in [0.2, 0.25) is 0 Å². The number of carbonyl (C=O) groups is 2. The van der Waals surface area contributed by atoms with E-state index in [2.05, 4.69) is 32.7 Å². The number of aromatic nitrogens is 2. The fourth-order valence-electron chi connectivity index (χ4n) is 3.79. The van der Waals surface area contributed by atoms with Gasteiger partial charge in [-0.25, -0.2) is 14.8 Å². The second-order valence-electron chi connectivity index (χ2n) is 7.36. The number of fused-ring (bicyclic) bond motifs is 1. The molecule has 1 aliphatic carbocycles. The second kappa shape index (κ2) is 10.6. The van der Waals surface area contributed by atoms with Gasteiger partial charge in [-0.1, -0.05) is 24.3 Å². The van der Waals surface area contributed by atoms with Gasteiger partial charge in [-0.15, -0.1) is 24.8 Å². The quantitative estimate of drug-likeness (QED) is 0.660. The number of anilines is 1. The SMILES string of the molecule is Cl.Cl.NC1CCN(C(=O)Nc2nccnc2C(=O)NC2Cc3ccccc3C2)CC1. The maximum atomic E-state index is 12.8. The highest BCUT2D eigenvalue weighted by Gasteiger charge is 2.26. The molecule has 0 atom stereocenters. The molecule has 4 N–H and O–H groups in total. The van der Waals surface area contributed by atoms with E-state index < -0.39 is 0 Å². The molecule has 1 saturated heterocycles. The zero-order valence-electron chi connectivity index (χ0n) is 16.4. The lowest BCUT2D eigenvalue weighted by atomic mass is 10.1. The predicted molar refractivity (Wildman–Crippen MR) is 119 cm³/mol. The van der Waals surface area contributed by atoms with Crippen LogP contribution in [-0.4, -0.2) is 52.0 Å². The summed E-state index contributed by atoms with van der Waals surface area (Å²) in [5.41, 5.74) is 8.52. The number of urea groups is 1. The predicted octanol–water partition coefficient (Wildman–Crippen LogP) is 2.17. The minimum atomic E-state index is -0.332. The first-order valence-corrected chi connectivity index (χ1v) is 9.60. The van der Waals surface area contributed by atoms with Crippen molar-refractivity contribution in [1.82, 2.24) is 20.2 Å². The molecule has 2 heterocycles. The molecule has 4 rings (SSSR count). The Morgan fingerprint density at radius 3 is 2.23 bits per heavy atom. The fourth-order valence-corrected chi connectivity index (χ4v) is 3.79. The number of halogens is 2. The highest BCUT2D eigenvalue weighted by atomic mass is 35.5. The number of hydrogen-bond donors (Lipinski definition) is 3. The van der Waals surface area contributed by atoms with E-state index in [-0.39, 0.29) is 60.3 Å². The van der Waals surface area contributed by atoms with Crippen molar-refractivity contribution in [1.29, 1.82) is 0 Å². The molecule has 1 aliphatic heterocycles. The fraction of sp³-hybridized carbons (Fsp3) is 0.400. The maximum absolute atomic E-state index is 12.8. The molecule has 0 spiro atoms. The molecule has 0 unspecified atom stereocenters. The van der Waals surface area contributed by atoms with Crippen LogP contribution in [0.25, 0.3) is 0 Å². The third-order valence-electron chi connectivity index (χ3n) is 5.35. The molecule has 162 valence electrons. The molecule has 0 saturated carbocycles. The summed E-state index contributed by atoms with van der Waals surface area (Å²) in [4.78, 5) is 35.3. The molecule has 1 fully saturated rings. The lowest BCUT2D eigenvalue weighted by molar-refractivity contribution is 0.0934. The van der Waals surface area contributed by atoms with Crippen molar-refractivity contribution in [2.45, 2.75) is 37.8 Å². The number of nitrogens with one attached hydrogen (secondary N) is 2. The van der Waals surface area contributed by atoms with E-state index in [0.29, 0.717) is 13.1 Å². The highest BCUT2D eigenvalue weighted by molar-refractivity contribution is 6.00. The van der Waals surface area contributed by atoms with Gasteiger partial charge in [0.1, 0.15) is 0 Å². The van der Waals surface area contributed by atoms with Crippen LogP contribution in [0.15, 0.2) is 36.7 Å². The molecule has 0 radical (unpaired) electrons. The number of benzene rings is 1. The highest BCUT2D eigenvalue weighted by Crippen LogP contribution is 2.22. The second-order valence-corrected chi connectivity index (χ2v) is 7.36. The van der Waals surface area contributed by atoms with Gasteiger partial charge >= 0.3 is 6.03 Å². The molecule has 1 aromatic carbocycles. The van der Waals surface area contributed by atoms with E-state index in [4.69, 9.17) is 5.73 Å². The number of rotatable bonds is 3. The van der Waals surface area contributed by atoms with Crippen molar-refractivity contribution < 1.29 is 9.59 Å². The van der Waals surface area contributed by atoms with Crippen LogP contribution in [-0.2, 0) is 12.8 Å². The number of nitrogens with two attached hydrogens (primary N) is 1. The number of hydrogen-bond acceptors (Lipinski definition) is 5. The van der Waals surface area contributed by atoms with Crippen molar-refractivity contribution in [3.8, 4) is 0 Å². The van der Waals surface area contributed by atoms with Crippen LogP contribution in [0.3, 0.4) is 0 Å². The van der Waals surface area contributed by atoms with Gasteiger partial charge in [0.05, 0.1) is 0 Å². The van der Waals surface area contributed by atoms with E-state index in [9.17, 15) is 9.59 Å². The van der Waals surface area contributed by atoms with Gasteiger partial charge < -0.3 is 16.0 Å². The Bertz CT molecular complexity index is 864. The number of amides is 3. The number of carbonyl (C=O) groups excluding carboxylic acids is 2. The van der Waals surface area contributed by atoms with Crippen LogP contribution in [0.4, 0.5) is 10.6 Å². The molecular formula is C20H26Cl2N6O2. The number of nitrogens with zero attached hydrogens (tertiary/aromatic N) is 3. The zero-order valence-corrected chi connectivity index (χ0v) is 18.0. The Labute approximate surface area is 187 Å². The normalized spacial score (nSPS) is 16.1. The lowest BCUT2D eigenvalue weighted by Crippen LogP contribution is -2.45. The first-order chi connectivity index (χ1) is 13.6. The van der Waals surface area contributed by atoms with Crippen LogP contribution in [0.5, 0.6) is 0 Å². The van der Waals surface area contributed by atoms with Crippen molar-refractivity contribution in [2.24, 2.45) is 5.73 Å². The summed E-state index contributed by atoms with van der Waals surface area (Å²) in [6, 6.07) is 8.05. The topological polar surface area (TPSA) is 113 Å². The Balaban J connectivity index is 0.00000160. The minimum absolute atomic E-state index is 0. The van der Waals surface area contributed by atoms with E-state index in [1.807, 2.05) is 12.1 Å². The maximum Gasteiger partial charge on any atom is 0.323 e. The summed E-state index contributed by atoms with van der Waals surface area (Å²) < 4.78 is 0. The van der Waals surface area contributed by atoms with E-state index in [0.717, 1.165) is 25.7 Å². The summed E-state index contributed by atoms with van der Waals surface area (Å²) in [6.45, 7) is 1.18. The summed E-state index contributed by atoms with van der Waals surface area (Å²) in [5.74, 6) is -0.155. The van der Waals surface area contributed by atoms with Crippen molar-refractivity contribution in [3.63, 3.8) is 0 Å². The van der Waals surface area contributed by atoms with Gasteiger partial charge in [-0.05, 0) is 36.8 Å². The van der Waals surface area contributed by atoms with Crippen molar-refractivity contribution in [2.75, 3.05) is 18.4 Å². The molecular weight excluding hydrogens is 427 g/mol. The summed E-state index contributed by atoms with van der Waals surface area (Å²) >= 11 is 0. The molecule has 8 nitrogen and oxygen atoms in total. The molecule has 2 aliphatic rings. The van der Waals surface area contributed by atoms with Crippen LogP contribution in [0, 0.1) is 0 Å². The number of likely N-dealkylation sites (tertiary alicyclic amines) is 1. The van der Waals surface area contributed by atoms with Crippen LogP contribution < -0.4 is 16.4 Å². The Kier molecular flexibility index (Phi) is 8.40. The van der Waals surface area contributed by atoms with E-state index >= 15 is 0 Å². The standard InChI is InChI=1S/C20H24N6O2.2ClH/c21-15-5-9-26(10-6-15)20(28)25-18-17(22-7-8-23-18)19(27)24-16-11-13-3-1-2-4-14(13)12-16;;/h1-4,7-8,15-16H,5-6,9-12,21H2,(H,24,27)(H,23,25,28);2*1H. The van der Waals surface area contributed by atoms with Crippen molar-refractivity contribution in [3.05, 3.63) is 53.5 Å². The van der Waals surface area contributed by atoms with Gasteiger partial charge in [-0.3, -0.25) is 10.1 Å². The average molecular weight is 453 g/mol. The Morgan fingerprint density at radius 2 is 1.60 bits per heavy atom. The summed E-state index contributed by atoms with van der Waals surface area (Å²) in [5, 5.41) is 5.75. The molecule has 30 heavy (non-hydrogen) atoms. The molecule has 1 aromatic heterocycles. The molecule has 2 aromatic rings. The molecule has 3 amide bonds. The largest absolute Gasteiger partial charge is 0.347 e. The van der Waals surface area contributed by atoms with E-state index in [1.165, 1.54) is 23.5 Å². The van der Waals surface area contributed by atoms with Crippen molar-refractivity contribution >= 4 is 42.6 Å². The molecule has 0 bridgehead atoms. The summed E-state index contributed by atoms with van der Waals surface area (Å²) in [7, 11) is 0. The lowest BCUT2D eigenvalue weighted by Gasteiger charge is -2.30. The van der Waals surface area contributed by atoms with Gasteiger partial charge in [0, 0.05) is 37.6 Å². The Morgan fingerprint density at radius 1 is 1.00 bits per heavy atom. The van der Waals surface area contributed by atoms with Crippen LogP contribution in [0.2, 0.25) is 0 Å². The zero-order chi connectivity index (χ0) is 19.5. The monoisotopic (exact) mass is 452 g/mol. The van der Waals surface area contributed by atoms with Gasteiger partial charge in [0.15, 0.2) is 11.5 Å². The van der Waals surface area contributed by atoms with Gasteiger partial charge in [-0.2, -0.15) is 0 Å². The third kappa shape index (κ3) is 5.38. The third-order valence-corrected chi connectivity index (χ3v) is 5.35. The van der Waals surface area contributed by atoms with E-state index in [1.54, 1.807) is 4.90 Å². The van der Waals surface area contributed by atoms with Crippen LogP contribution in [0.1, 0.15) is 34.5 Å². The smallest absolute Gasteiger partial charge is 0.323 e. The number of piperidine rings is 1. The van der Waals surface area contributed by atoms with Crippen LogP contribution >= 0.6 is 24.8 Å². The first-order valence-electron chi connectivity index (χ1n) is 9.60. The first kappa shape index (κ1) is 23.9. The minimum Gasteiger partial charge on any atom is -0.347 e. The Hall–Kier alpha value is -2.42.